The molecule has 2 rings (SSSR count). The van der Waals surface area contributed by atoms with Crippen LogP contribution in [-0.2, 0) is 13.2 Å². The van der Waals surface area contributed by atoms with Crippen molar-refractivity contribution >= 4 is 34.8 Å². The van der Waals surface area contributed by atoms with E-state index in [9.17, 15) is 0 Å². The van der Waals surface area contributed by atoms with E-state index < -0.39 is 0 Å². The van der Waals surface area contributed by atoms with Gasteiger partial charge in [0, 0.05) is 28.2 Å². The average Bonchev–Trinajstić information content (AvgIpc) is 2.60. The summed E-state index contributed by atoms with van der Waals surface area (Å²) in [7, 11) is 1.59. The number of rotatable bonds is 8. The predicted molar refractivity (Wildman–Crippen MR) is 105 cm³/mol. The molecule has 3 nitrogen and oxygen atoms in total. The molecule has 0 aliphatic rings. The minimum absolute atomic E-state index is 0.207. The molecular formula is C19H22Cl3NO2. The first kappa shape index (κ1) is 20.2. The third-order valence-electron chi connectivity index (χ3n) is 3.98. The molecule has 1 N–H and O–H groups in total. The van der Waals surface area contributed by atoms with Gasteiger partial charge in [0.1, 0.15) is 6.61 Å². The number of hydrogen-bond donors (Lipinski definition) is 1. The molecule has 1 atom stereocenters. The van der Waals surface area contributed by atoms with E-state index in [-0.39, 0.29) is 6.61 Å². The standard InChI is InChI=1S/C19H22Cl3NO2/c1-4-12(2)23-10-13-8-17(22)19(18(9-13)24-3)25-11-14-15(20)6-5-7-16(14)21/h5-9,12,23H,4,10-11H2,1-3H3. The molecule has 0 aromatic heterocycles. The zero-order valence-corrected chi connectivity index (χ0v) is 16.8. The van der Waals surface area contributed by atoms with E-state index >= 15 is 0 Å². The van der Waals surface area contributed by atoms with Crippen LogP contribution in [0.15, 0.2) is 30.3 Å². The van der Waals surface area contributed by atoms with E-state index in [1.807, 2.05) is 12.1 Å². The summed E-state index contributed by atoms with van der Waals surface area (Å²) in [6.07, 6.45) is 1.06. The minimum Gasteiger partial charge on any atom is -0.493 e. The maximum absolute atomic E-state index is 6.41. The van der Waals surface area contributed by atoms with E-state index in [0.29, 0.717) is 44.7 Å². The maximum atomic E-state index is 6.41. The van der Waals surface area contributed by atoms with Crippen molar-refractivity contribution in [3.8, 4) is 11.5 Å². The summed E-state index contributed by atoms with van der Waals surface area (Å²) < 4.78 is 11.3. The van der Waals surface area contributed by atoms with Crippen molar-refractivity contribution in [3.05, 3.63) is 56.5 Å². The third-order valence-corrected chi connectivity index (χ3v) is 4.97. The molecule has 0 amide bonds. The molecule has 0 saturated carbocycles. The fourth-order valence-corrected chi connectivity index (χ4v) is 3.06. The summed E-state index contributed by atoms with van der Waals surface area (Å²) in [5.74, 6) is 1.06. The van der Waals surface area contributed by atoms with Crippen molar-refractivity contribution in [1.82, 2.24) is 5.32 Å². The Kier molecular flexibility index (Phi) is 7.70. The van der Waals surface area contributed by atoms with Gasteiger partial charge in [0.05, 0.1) is 12.1 Å². The lowest BCUT2D eigenvalue weighted by atomic mass is 10.1. The largest absolute Gasteiger partial charge is 0.493 e. The van der Waals surface area contributed by atoms with Crippen LogP contribution in [0.3, 0.4) is 0 Å². The smallest absolute Gasteiger partial charge is 0.180 e. The molecule has 1 unspecified atom stereocenters. The quantitative estimate of drug-likeness (QED) is 0.576. The lowest BCUT2D eigenvalue weighted by Crippen LogP contribution is -2.24. The predicted octanol–water partition coefficient (Wildman–Crippen LogP) is 6.12. The number of nitrogens with one attached hydrogen (secondary N) is 1. The van der Waals surface area contributed by atoms with Crippen LogP contribution in [0.2, 0.25) is 15.1 Å². The Labute approximate surface area is 164 Å². The molecule has 0 fully saturated rings. The molecule has 0 spiro atoms. The zero-order chi connectivity index (χ0) is 18.4. The van der Waals surface area contributed by atoms with Gasteiger partial charge in [-0.2, -0.15) is 0 Å². The van der Waals surface area contributed by atoms with E-state index in [4.69, 9.17) is 44.3 Å². The number of halogens is 3. The Hall–Kier alpha value is -1.13. The van der Waals surface area contributed by atoms with Crippen LogP contribution in [0.1, 0.15) is 31.4 Å². The van der Waals surface area contributed by atoms with Gasteiger partial charge in [0.15, 0.2) is 11.5 Å². The van der Waals surface area contributed by atoms with Crippen LogP contribution >= 0.6 is 34.8 Å². The summed E-state index contributed by atoms with van der Waals surface area (Å²) in [6, 6.07) is 9.57. The van der Waals surface area contributed by atoms with Crippen molar-refractivity contribution in [2.24, 2.45) is 0 Å². The topological polar surface area (TPSA) is 30.5 Å². The van der Waals surface area contributed by atoms with Crippen molar-refractivity contribution in [3.63, 3.8) is 0 Å². The number of ether oxygens (including phenoxy) is 2. The van der Waals surface area contributed by atoms with Gasteiger partial charge < -0.3 is 14.8 Å². The van der Waals surface area contributed by atoms with Crippen LogP contribution in [0, 0.1) is 0 Å². The Balaban J connectivity index is 2.17. The Morgan fingerprint density at radius 2 is 1.76 bits per heavy atom. The van der Waals surface area contributed by atoms with E-state index in [2.05, 4.69) is 19.2 Å². The number of methoxy groups -OCH3 is 1. The Morgan fingerprint density at radius 3 is 2.36 bits per heavy atom. The molecule has 0 aliphatic heterocycles. The lowest BCUT2D eigenvalue weighted by molar-refractivity contribution is 0.284. The Morgan fingerprint density at radius 1 is 1.08 bits per heavy atom. The summed E-state index contributed by atoms with van der Waals surface area (Å²) in [5.41, 5.74) is 1.75. The van der Waals surface area contributed by atoms with Crippen LogP contribution in [-0.4, -0.2) is 13.2 Å². The van der Waals surface area contributed by atoms with Crippen LogP contribution in [0.4, 0.5) is 0 Å². The molecular weight excluding hydrogens is 381 g/mol. The molecule has 0 bridgehead atoms. The third kappa shape index (κ3) is 5.42. The average molecular weight is 403 g/mol. The molecule has 25 heavy (non-hydrogen) atoms. The van der Waals surface area contributed by atoms with Crippen LogP contribution < -0.4 is 14.8 Å². The van der Waals surface area contributed by atoms with Gasteiger partial charge in [-0.15, -0.1) is 0 Å². The zero-order valence-electron chi connectivity index (χ0n) is 14.5. The maximum Gasteiger partial charge on any atom is 0.180 e. The minimum atomic E-state index is 0.207. The second kappa shape index (κ2) is 9.54. The molecule has 2 aromatic carbocycles. The normalized spacial score (nSPS) is 12.1. The van der Waals surface area contributed by atoms with E-state index in [1.165, 1.54) is 0 Å². The van der Waals surface area contributed by atoms with Crippen molar-refractivity contribution in [1.29, 1.82) is 0 Å². The van der Waals surface area contributed by atoms with Gasteiger partial charge in [-0.05, 0) is 43.2 Å². The van der Waals surface area contributed by atoms with Gasteiger partial charge in [-0.25, -0.2) is 0 Å². The monoisotopic (exact) mass is 401 g/mol. The molecule has 6 heteroatoms. The summed E-state index contributed by atoms with van der Waals surface area (Å²) in [6.45, 7) is 5.20. The SMILES string of the molecule is CCC(C)NCc1cc(Cl)c(OCc2c(Cl)cccc2Cl)c(OC)c1. The van der Waals surface area contributed by atoms with Gasteiger partial charge >= 0.3 is 0 Å². The molecule has 0 saturated heterocycles. The fourth-order valence-electron chi connectivity index (χ4n) is 2.27. The second-order valence-corrected chi connectivity index (χ2v) is 7.01. The van der Waals surface area contributed by atoms with E-state index in [0.717, 1.165) is 12.0 Å². The summed E-state index contributed by atoms with van der Waals surface area (Å²) in [4.78, 5) is 0. The first-order valence-corrected chi connectivity index (χ1v) is 9.25. The van der Waals surface area contributed by atoms with Crippen molar-refractivity contribution in [2.75, 3.05) is 7.11 Å². The second-order valence-electron chi connectivity index (χ2n) is 5.79. The van der Waals surface area contributed by atoms with Gasteiger partial charge in [-0.3, -0.25) is 0 Å². The van der Waals surface area contributed by atoms with Gasteiger partial charge in [0.25, 0.3) is 0 Å². The Bertz CT molecular complexity index is 702. The van der Waals surface area contributed by atoms with E-state index in [1.54, 1.807) is 25.3 Å². The molecule has 136 valence electrons. The molecule has 0 radical (unpaired) electrons. The first-order chi connectivity index (χ1) is 12.0. The van der Waals surface area contributed by atoms with Crippen LogP contribution in [0.5, 0.6) is 11.5 Å². The molecule has 2 aromatic rings. The highest BCUT2D eigenvalue weighted by atomic mass is 35.5. The first-order valence-electron chi connectivity index (χ1n) is 8.11. The highest BCUT2D eigenvalue weighted by molar-refractivity contribution is 6.36. The highest BCUT2D eigenvalue weighted by Gasteiger charge is 2.14. The molecule has 0 heterocycles. The summed E-state index contributed by atoms with van der Waals surface area (Å²) >= 11 is 18.8. The highest BCUT2D eigenvalue weighted by Crippen LogP contribution is 2.38. The number of benzene rings is 2. The van der Waals surface area contributed by atoms with Crippen LogP contribution in [0.25, 0.3) is 0 Å². The lowest BCUT2D eigenvalue weighted by Gasteiger charge is -2.16. The fraction of sp³-hybridized carbons (Fsp3) is 0.368. The van der Waals surface area contributed by atoms with Crippen molar-refractivity contribution in [2.45, 2.75) is 39.5 Å². The van der Waals surface area contributed by atoms with Crippen molar-refractivity contribution < 1.29 is 9.47 Å². The van der Waals surface area contributed by atoms with Gasteiger partial charge in [0.2, 0.25) is 0 Å². The summed E-state index contributed by atoms with van der Waals surface area (Å²) in [5, 5.41) is 5.02. The molecule has 0 aliphatic carbocycles. The number of hydrogen-bond acceptors (Lipinski definition) is 3. The van der Waals surface area contributed by atoms with Gasteiger partial charge in [-0.1, -0.05) is 47.8 Å².